The zero-order valence-corrected chi connectivity index (χ0v) is 22.9. The van der Waals surface area contributed by atoms with Gasteiger partial charge in [0.15, 0.2) is 6.10 Å². The third-order valence-corrected chi connectivity index (χ3v) is 5.29. The van der Waals surface area contributed by atoms with Crippen LogP contribution in [0.2, 0.25) is 0 Å². The highest BCUT2D eigenvalue weighted by molar-refractivity contribution is 5.91. The molecule has 0 spiro atoms. The lowest BCUT2D eigenvalue weighted by Crippen LogP contribution is -2.55. The van der Waals surface area contributed by atoms with Gasteiger partial charge in [-0.05, 0) is 52.4 Å². The molecule has 6 N–H and O–H groups in total. The lowest BCUT2D eigenvalue weighted by Gasteiger charge is -2.27. The molecular weight excluding hydrogens is 450 g/mol. The van der Waals surface area contributed by atoms with E-state index in [1.165, 1.54) is 31.1 Å². The minimum atomic E-state index is -1.51. The largest absolute Gasteiger partial charge is 0.381 e. The number of nitrogens with one attached hydrogen (secondary N) is 3. The number of hydrogen-bond donors (Lipinski definition) is 5. The van der Waals surface area contributed by atoms with E-state index < -0.39 is 41.6 Å². The summed E-state index contributed by atoms with van der Waals surface area (Å²) in [6.07, 6.45) is 4.06. The Morgan fingerprint density at radius 3 is 1.94 bits per heavy atom. The van der Waals surface area contributed by atoms with Gasteiger partial charge in [0.05, 0.1) is 12.6 Å². The van der Waals surface area contributed by atoms with E-state index in [9.17, 15) is 24.3 Å². The van der Waals surface area contributed by atoms with Crippen LogP contribution in [-0.2, 0) is 14.4 Å². The molecule has 2 aliphatic rings. The van der Waals surface area contributed by atoms with Gasteiger partial charge < -0.3 is 31.7 Å². The predicted molar refractivity (Wildman–Crippen MR) is 137 cm³/mol. The number of hydrogen-bond acceptors (Lipinski definition) is 5. The Morgan fingerprint density at radius 2 is 1.54 bits per heavy atom. The van der Waals surface area contributed by atoms with Crippen LogP contribution in [0.4, 0.5) is 4.79 Å². The molecule has 1 saturated heterocycles. The van der Waals surface area contributed by atoms with Crippen LogP contribution in [0.25, 0.3) is 0 Å². The fourth-order valence-electron chi connectivity index (χ4n) is 3.24. The summed E-state index contributed by atoms with van der Waals surface area (Å²) in [5.41, 5.74) is 4.57. The Labute approximate surface area is 211 Å². The second kappa shape index (κ2) is 15.6. The topological polar surface area (TPSA) is 154 Å². The third-order valence-electron chi connectivity index (χ3n) is 5.29. The number of nitrogens with zero attached hydrogens (tertiary/aromatic N) is 1. The molecule has 204 valence electrons. The second-order valence-electron chi connectivity index (χ2n) is 11.2. The van der Waals surface area contributed by atoms with Crippen molar-refractivity contribution in [3.8, 4) is 0 Å². The van der Waals surface area contributed by atoms with Crippen LogP contribution in [0.15, 0.2) is 0 Å². The van der Waals surface area contributed by atoms with Gasteiger partial charge in [0.2, 0.25) is 17.7 Å². The van der Waals surface area contributed by atoms with Crippen LogP contribution in [0.1, 0.15) is 87.5 Å². The number of nitrogens with two attached hydrogens (primary N) is 1. The van der Waals surface area contributed by atoms with E-state index in [2.05, 4.69) is 43.6 Å². The number of aliphatic hydroxyl groups is 1. The van der Waals surface area contributed by atoms with Crippen molar-refractivity contribution in [2.45, 2.75) is 111 Å². The molecule has 1 heterocycles. The van der Waals surface area contributed by atoms with Gasteiger partial charge in [-0.1, -0.05) is 47.0 Å². The fraction of sp³-hybridized carbons (Fsp3) is 0.840. The maximum Gasteiger partial charge on any atom is 0.315 e. The molecule has 10 heteroatoms. The van der Waals surface area contributed by atoms with Crippen molar-refractivity contribution in [1.29, 1.82) is 0 Å². The molecule has 35 heavy (non-hydrogen) atoms. The molecule has 5 amide bonds. The molecule has 1 aliphatic heterocycles. The summed E-state index contributed by atoms with van der Waals surface area (Å²) < 4.78 is 0. The van der Waals surface area contributed by atoms with Gasteiger partial charge in [-0.3, -0.25) is 14.4 Å². The first-order valence-electron chi connectivity index (χ1n) is 12.7. The van der Waals surface area contributed by atoms with Crippen molar-refractivity contribution >= 4 is 23.8 Å². The average molecular weight is 500 g/mol. The number of urea groups is 1. The smallest absolute Gasteiger partial charge is 0.315 e. The Morgan fingerprint density at radius 1 is 1.03 bits per heavy atom. The van der Waals surface area contributed by atoms with E-state index in [0.29, 0.717) is 19.4 Å². The predicted octanol–water partition coefficient (Wildman–Crippen LogP) is 1.89. The van der Waals surface area contributed by atoms with Crippen molar-refractivity contribution in [3.63, 3.8) is 0 Å². The Kier molecular flexibility index (Phi) is 14.5. The molecule has 2 rings (SSSR count). The minimum Gasteiger partial charge on any atom is -0.381 e. The Hall–Kier alpha value is -2.36. The third kappa shape index (κ3) is 14.6. The van der Waals surface area contributed by atoms with Gasteiger partial charge in [-0.15, -0.1) is 0 Å². The highest BCUT2D eigenvalue weighted by atomic mass is 16.3. The van der Waals surface area contributed by atoms with Gasteiger partial charge in [0.1, 0.15) is 6.04 Å². The number of amides is 5. The quantitative estimate of drug-likeness (QED) is 0.378. The van der Waals surface area contributed by atoms with Crippen molar-refractivity contribution in [2.24, 2.45) is 17.6 Å². The van der Waals surface area contributed by atoms with E-state index in [1.54, 1.807) is 0 Å². The van der Waals surface area contributed by atoms with E-state index in [-0.39, 0.29) is 12.5 Å². The molecule has 0 aromatic carbocycles. The first kappa shape index (κ1) is 32.6. The Balaban J connectivity index is 0.00000107. The molecular formula is C25H49N5O5. The van der Waals surface area contributed by atoms with E-state index in [4.69, 9.17) is 5.73 Å². The van der Waals surface area contributed by atoms with Crippen molar-refractivity contribution in [1.82, 2.24) is 20.9 Å². The number of carbonyl (C=O) groups is 4. The van der Waals surface area contributed by atoms with Crippen LogP contribution in [0.5, 0.6) is 0 Å². The zero-order valence-electron chi connectivity index (χ0n) is 22.9. The summed E-state index contributed by atoms with van der Waals surface area (Å²) >= 11 is 0. The molecule has 1 saturated carbocycles. The monoisotopic (exact) mass is 499 g/mol. The first-order valence-corrected chi connectivity index (χ1v) is 12.7. The zero-order chi connectivity index (χ0) is 27.3. The molecule has 3 atom stereocenters. The average Bonchev–Trinajstić information content (AvgIpc) is 3.18. The van der Waals surface area contributed by atoms with E-state index in [0.717, 1.165) is 11.8 Å². The van der Waals surface area contributed by atoms with Gasteiger partial charge in [-0.2, -0.15) is 0 Å². The molecule has 0 radical (unpaired) electrons. The highest BCUT2D eigenvalue weighted by Gasteiger charge is 2.35. The molecule has 2 fully saturated rings. The van der Waals surface area contributed by atoms with Crippen molar-refractivity contribution in [2.75, 3.05) is 13.1 Å². The summed E-state index contributed by atoms with van der Waals surface area (Å²) in [4.78, 5) is 48.8. The van der Waals surface area contributed by atoms with Gasteiger partial charge in [0, 0.05) is 12.1 Å². The standard InChI is InChI=1S/C16H29N5O5.C5H10.C4H10/c1-9(12(23)13(17)24)19-14(25)10-6-5-7-21(10)11(22)8-18-15(26)20-16(2,3)4;1-5-3-2-4-5;1-4(2)3/h9-10,12,23H,5-8H2,1-4H3,(H2,17,24)(H,19,25)(H2,18,20,26);5H,2-4H2,1H3;4H,1-3H3/t9?,10-,12?;;/m0../s1. The second-order valence-corrected chi connectivity index (χ2v) is 11.2. The van der Waals surface area contributed by atoms with Crippen LogP contribution in [0, 0.1) is 11.8 Å². The number of carbonyl (C=O) groups excluding carboxylic acids is 4. The normalized spacial score (nSPS) is 19.1. The van der Waals surface area contributed by atoms with Crippen LogP contribution in [0.3, 0.4) is 0 Å². The number of aliphatic hydroxyl groups excluding tert-OH is 1. The maximum absolute atomic E-state index is 12.4. The molecule has 2 unspecified atom stereocenters. The van der Waals surface area contributed by atoms with Gasteiger partial charge in [0.25, 0.3) is 0 Å². The fourth-order valence-corrected chi connectivity index (χ4v) is 3.24. The molecule has 1 aliphatic carbocycles. The van der Waals surface area contributed by atoms with Crippen molar-refractivity contribution < 1.29 is 24.3 Å². The number of primary amides is 1. The van der Waals surface area contributed by atoms with Gasteiger partial charge >= 0.3 is 6.03 Å². The molecule has 0 bridgehead atoms. The first-order chi connectivity index (χ1) is 16.0. The van der Waals surface area contributed by atoms with Gasteiger partial charge in [-0.25, -0.2) is 4.79 Å². The summed E-state index contributed by atoms with van der Waals surface area (Å²) in [6, 6.07) is -2.05. The van der Waals surface area contributed by atoms with Crippen LogP contribution < -0.4 is 21.7 Å². The summed E-state index contributed by atoms with van der Waals surface area (Å²) in [5.74, 6) is 0.110. The van der Waals surface area contributed by atoms with E-state index >= 15 is 0 Å². The van der Waals surface area contributed by atoms with E-state index in [1.807, 2.05) is 20.8 Å². The number of rotatable bonds is 6. The van der Waals surface area contributed by atoms with Crippen molar-refractivity contribution in [3.05, 3.63) is 0 Å². The highest BCUT2D eigenvalue weighted by Crippen LogP contribution is 2.24. The Bertz CT molecular complexity index is 685. The SMILES string of the molecule is CC(C)C.CC(NC(=O)[C@@H]1CCCN1C(=O)CNC(=O)NC(C)(C)C)C(O)C(N)=O.CC1CCC1. The summed E-state index contributed by atoms with van der Waals surface area (Å²) in [7, 11) is 0. The molecule has 10 nitrogen and oxygen atoms in total. The number of likely N-dealkylation sites (tertiary alicyclic amines) is 1. The molecule has 0 aromatic rings. The maximum atomic E-state index is 12.4. The summed E-state index contributed by atoms with van der Waals surface area (Å²) in [5, 5.41) is 17.2. The molecule has 0 aromatic heterocycles. The van der Waals surface area contributed by atoms with Crippen LogP contribution >= 0.6 is 0 Å². The minimum absolute atomic E-state index is 0.231. The lowest BCUT2D eigenvalue weighted by atomic mass is 9.88. The lowest BCUT2D eigenvalue weighted by molar-refractivity contribution is -0.139. The van der Waals surface area contributed by atoms with Crippen LogP contribution in [-0.4, -0.2) is 70.6 Å². The summed E-state index contributed by atoms with van der Waals surface area (Å²) in [6.45, 7) is 15.9.